The first-order chi connectivity index (χ1) is 17.4. The number of piperidine rings is 1. The van der Waals surface area contributed by atoms with Crippen LogP contribution < -0.4 is 4.90 Å². The van der Waals surface area contributed by atoms with Gasteiger partial charge in [-0.05, 0) is 55.4 Å². The lowest BCUT2D eigenvalue weighted by molar-refractivity contribution is 0.0204. The Morgan fingerprint density at radius 2 is 1.89 bits per heavy atom. The van der Waals surface area contributed by atoms with Crippen LogP contribution in [0.25, 0.3) is 11.3 Å². The number of phenolic OH excluding ortho intramolecular Hbond substituents is 1. The molecule has 36 heavy (non-hydrogen) atoms. The number of esters is 1. The number of nitriles is 1. The van der Waals surface area contributed by atoms with Gasteiger partial charge in [0, 0.05) is 42.2 Å². The van der Waals surface area contributed by atoms with Gasteiger partial charge in [-0.3, -0.25) is 0 Å². The Morgan fingerprint density at radius 3 is 2.56 bits per heavy atom. The maximum atomic E-state index is 13.2. The van der Waals surface area contributed by atoms with Gasteiger partial charge in [0.25, 0.3) is 0 Å². The number of halogens is 2. The van der Waals surface area contributed by atoms with Gasteiger partial charge in [-0.1, -0.05) is 34.4 Å². The second kappa shape index (κ2) is 9.02. The minimum absolute atomic E-state index is 0.0222. The van der Waals surface area contributed by atoms with Gasteiger partial charge >= 0.3 is 5.97 Å². The van der Waals surface area contributed by atoms with Crippen molar-refractivity contribution in [1.82, 2.24) is 5.16 Å². The molecule has 1 aliphatic carbocycles. The molecule has 3 aromatic rings. The van der Waals surface area contributed by atoms with Crippen molar-refractivity contribution in [1.29, 1.82) is 5.26 Å². The molecule has 2 aromatic carbocycles. The fourth-order valence-electron chi connectivity index (χ4n) is 5.69. The lowest BCUT2D eigenvalue weighted by Crippen LogP contribution is -2.46. The van der Waals surface area contributed by atoms with Crippen molar-refractivity contribution in [2.24, 2.45) is 0 Å². The predicted molar refractivity (Wildman–Crippen MR) is 134 cm³/mol. The van der Waals surface area contributed by atoms with Crippen LogP contribution in [-0.2, 0) is 4.74 Å². The lowest BCUT2D eigenvalue weighted by atomic mass is 9.98. The molecular formula is C27H23Cl2N3O4. The molecule has 2 saturated heterocycles. The van der Waals surface area contributed by atoms with Gasteiger partial charge in [0.15, 0.2) is 0 Å². The normalized spacial score (nSPS) is 22.9. The average Bonchev–Trinajstić information content (AvgIpc) is 3.51. The minimum Gasteiger partial charge on any atom is -0.506 e. The molecule has 1 saturated carbocycles. The van der Waals surface area contributed by atoms with E-state index in [-0.39, 0.29) is 35.1 Å². The van der Waals surface area contributed by atoms with E-state index in [4.69, 9.17) is 37.7 Å². The first-order valence-corrected chi connectivity index (χ1v) is 12.8. The molecule has 3 fully saturated rings. The number of anilines is 1. The Labute approximate surface area is 218 Å². The van der Waals surface area contributed by atoms with Gasteiger partial charge in [0.05, 0.1) is 15.6 Å². The zero-order valence-electron chi connectivity index (χ0n) is 19.3. The summed E-state index contributed by atoms with van der Waals surface area (Å²) >= 11 is 13.2. The Bertz CT molecular complexity index is 1380. The number of benzene rings is 2. The number of hydrogen-bond donors (Lipinski definition) is 1. The smallest absolute Gasteiger partial charge is 0.344 e. The van der Waals surface area contributed by atoms with E-state index in [2.05, 4.69) is 10.1 Å². The summed E-state index contributed by atoms with van der Waals surface area (Å²) in [7, 11) is 0. The molecule has 9 heteroatoms. The van der Waals surface area contributed by atoms with Gasteiger partial charge in [0.2, 0.25) is 0 Å². The standard InChI is InChI=1S/C27H23Cl2N3O4/c28-22-8-7-20(14-1-2-14)25(29)24(22)26-21(13-35-31-26)27(34)36-19-9-16-5-6-17(10-19)32(16)18-4-3-15(12-30)23(33)11-18/h3-4,7-8,11,13-14,16-17,19,33H,1-2,5-6,9-10H2. The largest absolute Gasteiger partial charge is 0.506 e. The lowest BCUT2D eigenvalue weighted by Gasteiger charge is -2.40. The maximum absolute atomic E-state index is 13.2. The maximum Gasteiger partial charge on any atom is 0.344 e. The highest BCUT2D eigenvalue weighted by Gasteiger charge is 2.43. The predicted octanol–water partition coefficient (Wildman–Crippen LogP) is 6.46. The van der Waals surface area contributed by atoms with Crippen molar-refractivity contribution >= 4 is 34.9 Å². The van der Waals surface area contributed by atoms with E-state index >= 15 is 0 Å². The number of rotatable bonds is 5. The summed E-state index contributed by atoms with van der Waals surface area (Å²) in [6.07, 6.45) is 6.47. The molecule has 1 N–H and O–H groups in total. The second-order valence-electron chi connectivity index (χ2n) is 9.78. The number of carbonyl (C=O) groups excluding carboxylic acids is 1. The van der Waals surface area contributed by atoms with E-state index in [1.54, 1.807) is 18.2 Å². The molecule has 0 amide bonds. The summed E-state index contributed by atoms with van der Waals surface area (Å²) < 4.78 is 11.1. The van der Waals surface area contributed by atoms with Crippen LogP contribution in [0.2, 0.25) is 10.0 Å². The highest BCUT2D eigenvalue weighted by atomic mass is 35.5. The molecule has 3 aliphatic rings. The first-order valence-electron chi connectivity index (χ1n) is 12.1. The molecule has 1 aromatic heterocycles. The number of phenols is 1. The number of nitrogens with zero attached hydrogens (tertiary/aromatic N) is 3. The van der Waals surface area contributed by atoms with Gasteiger partial charge in [0.1, 0.15) is 35.4 Å². The monoisotopic (exact) mass is 523 g/mol. The first kappa shape index (κ1) is 23.2. The molecular weight excluding hydrogens is 501 g/mol. The number of carbonyl (C=O) groups is 1. The molecule has 7 nitrogen and oxygen atoms in total. The third-order valence-corrected chi connectivity index (χ3v) is 8.25. The summed E-state index contributed by atoms with van der Waals surface area (Å²) in [5.41, 5.74) is 3.15. The van der Waals surface area contributed by atoms with E-state index in [9.17, 15) is 9.90 Å². The number of ether oxygens (including phenoxy) is 1. The Morgan fingerprint density at radius 1 is 1.14 bits per heavy atom. The van der Waals surface area contributed by atoms with Crippen molar-refractivity contribution in [2.75, 3.05) is 4.90 Å². The van der Waals surface area contributed by atoms with Crippen LogP contribution in [0.15, 0.2) is 41.1 Å². The van der Waals surface area contributed by atoms with E-state index in [1.807, 2.05) is 18.2 Å². The fraction of sp³-hybridized carbons (Fsp3) is 0.370. The van der Waals surface area contributed by atoms with E-state index < -0.39 is 5.97 Å². The molecule has 2 aliphatic heterocycles. The van der Waals surface area contributed by atoms with Crippen LogP contribution in [0.1, 0.15) is 65.9 Å². The zero-order chi connectivity index (χ0) is 25.0. The van der Waals surface area contributed by atoms with Crippen molar-refractivity contribution < 1.29 is 19.2 Å². The number of fused-ring (bicyclic) bond motifs is 2. The number of aromatic nitrogens is 1. The fourth-order valence-corrected chi connectivity index (χ4v) is 6.40. The average molecular weight is 524 g/mol. The van der Waals surface area contributed by atoms with Crippen molar-refractivity contribution in [3.8, 4) is 23.1 Å². The Balaban J connectivity index is 1.20. The molecule has 2 bridgehead atoms. The van der Waals surface area contributed by atoms with Crippen LogP contribution in [0, 0.1) is 11.3 Å². The number of hydrogen-bond acceptors (Lipinski definition) is 7. The molecule has 184 valence electrons. The summed E-state index contributed by atoms with van der Waals surface area (Å²) in [5.74, 6) is -0.121. The molecule has 3 heterocycles. The topological polar surface area (TPSA) is 99.6 Å². The highest BCUT2D eigenvalue weighted by Crippen LogP contribution is 2.48. The Hall–Kier alpha value is -3.21. The van der Waals surface area contributed by atoms with E-state index in [1.165, 1.54) is 6.26 Å². The van der Waals surface area contributed by atoms with Crippen LogP contribution in [0.4, 0.5) is 5.69 Å². The number of aromatic hydroxyl groups is 1. The van der Waals surface area contributed by atoms with Gasteiger partial charge in [-0.25, -0.2) is 4.79 Å². The van der Waals surface area contributed by atoms with Gasteiger partial charge in [-0.15, -0.1) is 0 Å². The van der Waals surface area contributed by atoms with Gasteiger partial charge < -0.3 is 19.3 Å². The van der Waals surface area contributed by atoms with Crippen molar-refractivity contribution in [2.45, 2.75) is 62.6 Å². The van der Waals surface area contributed by atoms with Crippen LogP contribution in [0.3, 0.4) is 0 Å². The summed E-state index contributed by atoms with van der Waals surface area (Å²) in [6, 6.07) is 11.2. The second-order valence-corrected chi connectivity index (χ2v) is 10.6. The summed E-state index contributed by atoms with van der Waals surface area (Å²) in [4.78, 5) is 15.5. The molecule has 2 atom stereocenters. The van der Waals surface area contributed by atoms with E-state index in [0.717, 1.165) is 36.9 Å². The highest BCUT2D eigenvalue weighted by molar-refractivity contribution is 6.40. The summed E-state index contributed by atoms with van der Waals surface area (Å²) in [6.45, 7) is 0. The Kier molecular flexibility index (Phi) is 5.82. The van der Waals surface area contributed by atoms with Crippen LogP contribution in [-0.4, -0.2) is 34.4 Å². The summed E-state index contributed by atoms with van der Waals surface area (Å²) in [5, 5.41) is 24.2. The van der Waals surface area contributed by atoms with Gasteiger partial charge in [-0.2, -0.15) is 5.26 Å². The molecule has 0 spiro atoms. The third kappa shape index (κ3) is 3.99. The SMILES string of the molecule is N#Cc1ccc(N2C3CCC2CC(OC(=O)c2conc2-c2c(Cl)ccc(C4CC4)c2Cl)C3)cc1O. The molecule has 0 radical (unpaired) electrons. The van der Waals surface area contributed by atoms with Crippen LogP contribution >= 0.6 is 23.2 Å². The van der Waals surface area contributed by atoms with Crippen molar-refractivity contribution in [3.63, 3.8) is 0 Å². The van der Waals surface area contributed by atoms with Crippen molar-refractivity contribution in [3.05, 3.63) is 63.3 Å². The van der Waals surface area contributed by atoms with Crippen LogP contribution in [0.5, 0.6) is 5.75 Å². The molecule has 2 unspecified atom stereocenters. The van der Waals surface area contributed by atoms with E-state index in [0.29, 0.717) is 40.1 Å². The third-order valence-electron chi connectivity index (χ3n) is 7.53. The minimum atomic E-state index is -0.510. The molecule has 6 rings (SSSR count). The zero-order valence-corrected chi connectivity index (χ0v) is 20.8. The quantitative estimate of drug-likeness (QED) is 0.383.